The number of hydrazone groups is 1. The summed E-state index contributed by atoms with van der Waals surface area (Å²) in [6.45, 7) is 1.98. The van der Waals surface area contributed by atoms with Gasteiger partial charge in [0.05, 0.1) is 6.21 Å². The van der Waals surface area contributed by atoms with Gasteiger partial charge in [-0.3, -0.25) is 4.79 Å². The van der Waals surface area contributed by atoms with E-state index >= 15 is 0 Å². The summed E-state index contributed by atoms with van der Waals surface area (Å²) >= 11 is 3.36. The lowest BCUT2D eigenvalue weighted by molar-refractivity contribution is 0.0955. The minimum atomic E-state index is -0.214. The molecular weight excluding hydrogens is 304 g/mol. The molecular formula is C15H13BrN2O. The van der Waals surface area contributed by atoms with Crippen molar-refractivity contribution in [2.45, 2.75) is 6.92 Å². The van der Waals surface area contributed by atoms with Crippen LogP contribution in [0.3, 0.4) is 0 Å². The first-order valence-electron chi connectivity index (χ1n) is 5.81. The van der Waals surface area contributed by atoms with Crippen LogP contribution in [0.2, 0.25) is 0 Å². The normalized spacial score (nSPS) is 10.6. The van der Waals surface area contributed by atoms with Crippen LogP contribution in [0.4, 0.5) is 0 Å². The van der Waals surface area contributed by atoms with Gasteiger partial charge in [-0.25, -0.2) is 5.43 Å². The molecule has 0 saturated carbocycles. The zero-order chi connectivity index (χ0) is 13.7. The van der Waals surface area contributed by atoms with E-state index in [0.29, 0.717) is 5.56 Å². The van der Waals surface area contributed by atoms with Crippen molar-refractivity contribution >= 4 is 28.1 Å². The van der Waals surface area contributed by atoms with Gasteiger partial charge in [-0.05, 0) is 36.8 Å². The molecule has 2 aromatic carbocycles. The summed E-state index contributed by atoms with van der Waals surface area (Å²) in [6.07, 6.45) is 1.61. The maximum Gasteiger partial charge on any atom is 0.271 e. The topological polar surface area (TPSA) is 41.5 Å². The maximum absolute atomic E-state index is 11.8. The molecule has 0 saturated heterocycles. The van der Waals surface area contributed by atoms with Crippen LogP contribution in [0, 0.1) is 6.92 Å². The Morgan fingerprint density at radius 3 is 2.37 bits per heavy atom. The molecule has 0 atom stereocenters. The van der Waals surface area contributed by atoms with E-state index < -0.39 is 0 Å². The Kier molecular flexibility index (Phi) is 4.47. The second-order valence-electron chi connectivity index (χ2n) is 4.12. The highest BCUT2D eigenvalue weighted by Crippen LogP contribution is 2.09. The van der Waals surface area contributed by atoms with Crippen molar-refractivity contribution in [1.82, 2.24) is 5.43 Å². The van der Waals surface area contributed by atoms with Crippen LogP contribution in [0.25, 0.3) is 0 Å². The lowest BCUT2D eigenvalue weighted by Crippen LogP contribution is -2.17. The molecule has 0 spiro atoms. The summed E-state index contributed by atoms with van der Waals surface area (Å²) in [7, 11) is 0. The SMILES string of the molecule is Cc1ccc(C(=O)N/N=C/c2ccc(Br)cc2)cc1. The monoisotopic (exact) mass is 316 g/mol. The highest BCUT2D eigenvalue weighted by Gasteiger charge is 2.02. The molecule has 0 heterocycles. The van der Waals surface area contributed by atoms with Gasteiger partial charge in [-0.2, -0.15) is 5.10 Å². The van der Waals surface area contributed by atoms with Crippen molar-refractivity contribution < 1.29 is 4.79 Å². The van der Waals surface area contributed by atoms with Crippen molar-refractivity contribution in [2.24, 2.45) is 5.10 Å². The summed E-state index contributed by atoms with van der Waals surface area (Å²) in [5, 5.41) is 3.93. The van der Waals surface area contributed by atoms with Gasteiger partial charge in [-0.1, -0.05) is 45.8 Å². The Balaban J connectivity index is 1.96. The van der Waals surface area contributed by atoms with Crippen LogP contribution in [0.5, 0.6) is 0 Å². The predicted octanol–water partition coefficient (Wildman–Crippen LogP) is 3.52. The number of benzene rings is 2. The van der Waals surface area contributed by atoms with Gasteiger partial charge >= 0.3 is 0 Å². The first-order valence-corrected chi connectivity index (χ1v) is 6.60. The minimum Gasteiger partial charge on any atom is -0.267 e. The van der Waals surface area contributed by atoms with Gasteiger partial charge in [0.1, 0.15) is 0 Å². The lowest BCUT2D eigenvalue weighted by atomic mass is 10.1. The number of halogens is 1. The Hall–Kier alpha value is -1.94. The van der Waals surface area contributed by atoms with E-state index in [1.807, 2.05) is 43.3 Å². The average Bonchev–Trinajstić information content (AvgIpc) is 2.41. The number of carbonyl (C=O) groups is 1. The third-order valence-corrected chi connectivity index (χ3v) is 3.09. The largest absolute Gasteiger partial charge is 0.271 e. The van der Waals surface area contributed by atoms with Crippen molar-refractivity contribution in [3.05, 3.63) is 69.7 Å². The Morgan fingerprint density at radius 1 is 1.11 bits per heavy atom. The Bertz CT molecular complexity index is 589. The Labute approximate surface area is 120 Å². The van der Waals surface area contributed by atoms with Gasteiger partial charge in [0, 0.05) is 10.0 Å². The van der Waals surface area contributed by atoms with Crippen molar-refractivity contribution in [1.29, 1.82) is 0 Å². The molecule has 0 radical (unpaired) electrons. The number of aryl methyl sites for hydroxylation is 1. The van der Waals surface area contributed by atoms with Crippen LogP contribution in [0.15, 0.2) is 58.1 Å². The molecule has 0 bridgehead atoms. The standard InChI is InChI=1S/C15H13BrN2O/c1-11-2-6-13(7-3-11)15(19)18-17-10-12-4-8-14(16)9-5-12/h2-10H,1H3,(H,18,19)/b17-10+. The first kappa shape index (κ1) is 13.5. The van der Waals surface area contributed by atoms with E-state index in [-0.39, 0.29) is 5.91 Å². The van der Waals surface area contributed by atoms with Gasteiger partial charge in [0.2, 0.25) is 0 Å². The van der Waals surface area contributed by atoms with E-state index in [2.05, 4.69) is 26.5 Å². The fraction of sp³-hybridized carbons (Fsp3) is 0.0667. The number of rotatable bonds is 3. The van der Waals surface area contributed by atoms with Crippen molar-refractivity contribution in [3.8, 4) is 0 Å². The predicted molar refractivity (Wildman–Crippen MR) is 80.4 cm³/mol. The van der Waals surface area contributed by atoms with Crippen LogP contribution in [-0.4, -0.2) is 12.1 Å². The van der Waals surface area contributed by atoms with E-state index in [0.717, 1.165) is 15.6 Å². The third kappa shape index (κ3) is 4.03. The second-order valence-corrected chi connectivity index (χ2v) is 5.03. The number of hydrogen-bond donors (Lipinski definition) is 1. The van der Waals surface area contributed by atoms with Crippen LogP contribution in [0.1, 0.15) is 21.5 Å². The fourth-order valence-electron chi connectivity index (χ4n) is 1.48. The quantitative estimate of drug-likeness (QED) is 0.683. The van der Waals surface area contributed by atoms with Gasteiger partial charge in [0.15, 0.2) is 0 Å². The van der Waals surface area contributed by atoms with Crippen molar-refractivity contribution in [2.75, 3.05) is 0 Å². The van der Waals surface area contributed by atoms with E-state index in [1.165, 1.54) is 0 Å². The summed E-state index contributed by atoms with van der Waals surface area (Å²) in [6, 6.07) is 15.0. The number of nitrogens with one attached hydrogen (secondary N) is 1. The zero-order valence-corrected chi connectivity index (χ0v) is 12.0. The van der Waals surface area contributed by atoms with Gasteiger partial charge in [0.25, 0.3) is 5.91 Å². The van der Waals surface area contributed by atoms with E-state index in [4.69, 9.17) is 0 Å². The van der Waals surface area contributed by atoms with Crippen LogP contribution in [-0.2, 0) is 0 Å². The highest BCUT2D eigenvalue weighted by molar-refractivity contribution is 9.10. The first-order chi connectivity index (χ1) is 9.15. The minimum absolute atomic E-state index is 0.214. The zero-order valence-electron chi connectivity index (χ0n) is 10.4. The van der Waals surface area contributed by atoms with Crippen LogP contribution >= 0.6 is 15.9 Å². The van der Waals surface area contributed by atoms with Crippen molar-refractivity contribution in [3.63, 3.8) is 0 Å². The second kappa shape index (κ2) is 6.29. The molecule has 0 fully saturated rings. The van der Waals surface area contributed by atoms with E-state index in [9.17, 15) is 4.79 Å². The number of amides is 1. The summed E-state index contributed by atoms with van der Waals surface area (Å²) in [5.41, 5.74) is 5.14. The van der Waals surface area contributed by atoms with Gasteiger partial charge < -0.3 is 0 Å². The molecule has 0 aromatic heterocycles. The molecule has 4 heteroatoms. The van der Waals surface area contributed by atoms with E-state index in [1.54, 1.807) is 18.3 Å². The summed E-state index contributed by atoms with van der Waals surface area (Å²) < 4.78 is 1.01. The van der Waals surface area contributed by atoms with Gasteiger partial charge in [-0.15, -0.1) is 0 Å². The smallest absolute Gasteiger partial charge is 0.267 e. The van der Waals surface area contributed by atoms with Crippen LogP contribution < -0.4 is 5.43 Å². The molecule has 0 aliphatic heterocycles. The molecule has 19 heavy (non-hydrogen) atoms. The molecule has 0 unspecified atom stereocenters. The average molecular weight is 317 g/mol. The molecule has 1 N–H and O–H groups in total. The number of hydrogen-bond acceptors (Lipinski definition) is 2. The summed E-state index contributed by atoms with van der Waals surface area (Å²) in [4.78, 5) is 11.8. The lowest BCUT2D eigenvalue weighted by Gasteiger charge is -2.00. The molecule has 0 aliphatic rings. The molecule has 0 aliphatic carbocycles. The highest BCUT2D eigenvalue weighted by atomic mass is 79.9. The molecule has 1 amide bonds. The summed E-state index contributed by atoms with van der Waals surface area (Å²) in [5.74, 6) is -0.214. The third-order valence-electron chi connectivity index (χ3n) is 2.56. The maximum atomic E-state index is 11.8. The molecule has 2 aromatic rings. The number of nitrogens with zero attached hydrogens (tertiary/aromatic N) is 1. The Morgan fingerprint density at radius 2 is 1.74 bits per heavy atom. The molecule has 3 nitrogen and oxygen atoms in total. The number of carbonyl (C=O) groups excluding carboxylic acids is 1. The fourth-order valence-corrected chi connectivity index (χ4v) is 1.75. The molecule has 96 valence electrons. The molecule has 2 rings (SSSR count).